The summed E-state index contributed by atoms with van der Waals surface area (Å²) in [6.07, 6.45) is 0. The summed E-state index contributed by atoms with van der Waals surface area (Å²) in [6.45, 7) is 0.562. The summed E-state index contributed by atoms with van der Waals surface area (Å²) in [5, 5.41) is 11.5. The molecule has 3 aromatic rings. The van der Waals surface area contributed by atoms with Crippen LogP contribution in [0.3, 0.4) is 0 Å². The maximum absolute atomic E-state index is 12.4. The Morgan fingerprint density at radius 1 is 1.13 bits per heavy atom. The molecular formula is C18H17ClNO3+. The number of benzene rings is 2. The van der Waals surface area contributed by atoms with Crippen molar-refractivity contribution in [1.82, 2.24) is 0 Å². The van der Waals surface area contributed by atoms with Gasteiger partial charge in [-0.2, -0.15) is 0 Å². The van der Waals surface area contributed by atoms with E-state index in [1.807, 2.05) is 14.1 Å². The number of phenols is 1. The summed E-state index contributed by atoms with van der Waals surface area (Å²) < 4.78 is 5.53. The van der Waals surface area contributed by atoms with Crippen molar-refractivity contribution < 1.29 is 14.4 Å². The van der Waals surface area contributed by atoms with Gasteiger partial charge in [-0.3, -0.25) is 0 Å². The van der Waals surface area contributed by atoms with Crippen molar-refractivity contribution in [3.8, 4) is 16.9 Å². The second kappa shape index (κ2) is 6.07. The zero-order valence-corrected chi connectivity index (χ0v) is 13.6. The van der Waals surface area contributed by atoms with E-state index in [-0.39, 0.29) is 5.75 Å². The number of quaternary nitrogens is 1. The van der Waals surface area contributed by atoms with E-state index < -0.39 is 5.63 Å². The van der Waals surface area contributed by atoms with Crippen LogP contribution in [-0.4, -0.2) is 19.2 Å². The van der Waals surface area contributed by atoms with Crippen LogP contribution >= 0.6 is 11.6 Å². The van der Waals surface area contributed by atoms with Crippen molar-refractivity contribution in [2.75, 3.05) is 14.1 Å². The number of halogens is 1. The maximum atomic E-state index is 12.4. The number of aromatic hydroxyl groups is 1. The molecule has 0 aliphatic heterocycles. The molecule has 2 N–H and O–H groups in total. The maximum Gasteiger partial charge on any atom is 0.344 e. The zero-order valence-electron chi connectivity index (χ0n) is 12.9. The molecule has 0 fully saturated rings. The lowest BCUT2D eigenvalue weighted by molar-refractivity contribution is -0.872. The molecule has 2 aromatic carbocycles. The molecule has 118 valence electrons. The van der Waals surface area contributed by atoms with Crippen molar-refractivity contribution in [2.45, 2.75) is 6.54 Å². The van der Waals surface area contributed by atoms with Crippen molar-refractivity contribution in [1.29, 1.82) is 0 Å². The Morgan fingerprint density at radius 3 is 2.48 bits per heavy atom. The van der Waals surface area contributed by atoms with Crippen LogP contribution in [0.25, 0.3) is 22.1 Å². The van der Waals surface area contributed by atoms with Crippen molar-refractivity contribution >= 4 is 22.6 Å². The smallest absolute Gasteiger partial charge is 0.344 e. The monoisotopic (exact) mass is 330 g/mol. The van der Waals surface area contributed by atoms with Gasteiger partial charge >= 0.3 is 5.63 Å². The molecule has 5 heteroatoms. The number of phenolic OH excluding ortho intramolecular Hbond substituents is 1. The summed E-state index contributed by atoms with van der Waals surface area (Å²) in [5.41, 5.74) is 1.87. The Morgan fingerprint density at radius 2 is 1.83 bits per heavy atom. The standard InChI is InChI=1S/C18H16ClNO3/c1-20(2)10-15-16(21)8-5-12-9-14(18(22)23-17(12)15)11-3-6-13(19)7-4-11/h3-9,21H,10H2,1-2H3/p+1. The van der Waals surface area contributed by atoms with Gasteiger partial charge < -0.3 is 14.4 Å². The van der Waals surface area contributed by atoms with Crippen LogP contribution in [0.5, 0.6) is 5.75 Å². The molecule has 0 radical (unpaired) electrons. The van der Waals surface area contributed by atoms with E-state index in [9.17, 15) is 9.90 Å². The summed E-state index contributed by atoms with van der Waals surface area (Å²) in [6, 6.07) is 12.2. The molecule has 1 heterocycles. The molecule has 0 atom stereocenters. The van der Waals surface area contributed by atoms with Gasteiger partial charge in [-0.15, -0.1) is 0 Å². The van der Waals surface area contributed by atoms with Crippen LogP contribution in [0.4, 0.5) is 0 Å². The fourth-order valence-electron chi connectivity index (χ4n) is 2.59. The Hall–Kier alpha value is -2.30. The second-order valence-corrected chi connectivity index (χ2v) is 6.26. The molecule has 3 rings (SSSR count). The highest BCUT2D eigenvalue weighted by atomic mass is 35.5. The SMILES string of the molecule is C[NH+](C)Cc1c(O)ccc2cc(-c3ccc(Cl)cc3)c(=O)oc12. The fourth-order valence-corrected chi connectivity index (χ4v) is 2.71. The minimum Gasteiger partial charge on any atom is -0.507 e. The molecule has 4 nitrogen and oxygen atoms in total. The van der Waals surface area contributed by atoms with Gasteiger partial charge in [0.2, 0.25) is 0 Å². The molecule has 0 bridgehead atoms. The normalized spacial score (nSPS) is 11.3. The van der Waals surface area contributed by atoms with Crippen LogP contribution in [0, 0.1) is 0 Å². The van der Waals surface area contributed by atoms with Crippen molar-refractivity contribution in [3.63, 3.8) is 0 Å². The summed E-state index contributed by atoms with van der Waals surface area (Å²) in [5.74, 6) is 0.140. The molecule has 0 saturated carbocycles. The minimum atomic E-state index is -0.430. The summed E-state index contributed by atoms with van der Waals surface area (Å²) in [4.78, 5) is 13.5. The first kappa shape index (κ1) is 15.6. The highest BCUT2D eigenvalue weighted by Crippen LogP contribution is 2.28. The number of fused-ring (bicyclic) bond motifs is 1. The van der Waals surface area contributed by atoms with Crippen molar-refractivity contribution in [3.05, 3.63) is 63.5 Å². The van der Waals surface area contributed by atoms with Gasteiger partial charge in [-0.05, 0) is 35.9 Å². The average molecular weight is 331 g/mol. The molecule has 23 heavy (non-hydrogen) atoms. The number of rotatable bonds is 3. The number of hydrogen-bond donors (Lipinski definition) is 2. The fraction of sp³-hybridized carbons (Fsp3) is 0.167. The Labute approximate surface area is 138 Å². The predicted octanol–water partition coefficient (Wildman–Crippen LogP) is 2.46. The molecule has 0 unspecified atom stereocenters. The van der Waals surface area contributed by atoms with Gasteiger partial charge in [0.15, 0.2) is 5.58 Å². The Balaban J connectivity index is 2.21. The van der Waals surface area contributed by atoms with E-state index >= 15 is 0 Å². The highest BCUT2D eigenvalue weighted by molar-refractivity contribution is 6.30. The third kappa shape index (κ3) is 3.09. The van der Waals surface area contributed by atoms with Crippen LogP contribution in [0.2, 0.25) is 5.02 Å². The van der Waals surface area contributed by atoms with E-state index in [0.29, 0.717) is 28.3 Å². The molecule has 0 aliphatic rings. The lowest BCUT2D eigenvalue weighted by Gasteiger charge is -2.11. The predicted molar refractivity (Wildman–Crippen MR) is 91.1 cm³/mol. The van der Waals surface area contributed by atoms with E-state index in [0.717, 1.165) is 15.8 Å². The third-order valence-electron chi connectivity index (χ3n) is 3.67. The molecule has 0 spiro atoms. The first-order chi connectivity index (χ1) is 11.0. The average Bonchev–Trinajstić information content (AvgIpc) is 2.51. The van der Waals surface area contributed by atoms with E-state index in [4.69, 9.17) is 16.0 Å². The minimum absolute atomic E-state index is 0.140. The Kier molecular flexibility index (Phi) is 4.11. The topological polar surface area (TPSA) is 54.9 Å². The van der Waals surface area contributed by atoms with Gasteiger partial charge in [0.25, 0.3) is 0 Å². The van der Waals surface area contributed by atoms with Crippen molar-refractivity contribution in [2.24, 2.45) is 0 Å². The van der Waals surface area contributed by atoms with Gasteiger partial charge in [0.05, 0.1) is 25.2 Å². The molecular weight excluding hydrogens is 314 g/mol. The summed E-state index contributed by atoms with van der Waals surface area (Å²) >= 11 is 5.89. The van der Waals surface area contributed by atoms with Crippen LogP contribution in [0.15, 0.2) is 51.7 Å². The lowest BCUT2D eigenvalue weighted by atomic mass is 10.0. The first-order valence-electron chi connectivity index (χ1n) is 7.29. The largest absolute Gasteiger partial charge is 0.507 e. The lowest BCUT2D eigenvalue weighted by Crippen LogP contribution is -3.04. The van der Waals surface area contributed by atoms with Gasteiger partial charge in [0, 0.05) is 10.4 Å². The van der Waals surface area contributed by atoms with Crippen LogP contribution in [0.1, 0.15) is 5.56 Å². The second-order valence-electron chi connectivity index (χ2n) is 5.82. The molecule has 0 amide bonds. The van der Waals surface area contributed by atoms with E-state index in [2.05, 4.69) is 0 Å². The molecule has 0 aliphatic carbocycles. The van der Waals surface area contributed by atoms with Crippen LogP contribution in [-0.2, 0) is 6.54 Å². The van der Waals surface area contributed by atoms with Gasteiger partial charge in [-0.1, -0.05) is 23.7 Å². The van der Waals surface area contributed by atoms with E-state index in [1.165, 1.54) is 0 Å². The first-order valence-corrected chi connectivity index (χ1v) is 7.67. The quantitative estimate of drug-likeness (QED) is 0.725. The van der Waals surface area contributed by atoms with Gasteiger partial charge in [-0.25, -0.2) is 4.79 Å². The highest BCUT2D eigenvalue weighted by Gasteiger charge is 2.15. The Bertz CT molecular complexity index is 914. The molecule has 0 saturated heterocycles. The summed E-state index contributed by atoms with van der Waals surface area (Å²) in [7, 11) is 3.94. The van der Waals surface area contributed by atoms with E-state index in [1.54, 1.807) is 42.5 Å². The molecule has 1 aromatic heterocycles. The number of hydrogen-bond acceptors (Lipinski definition) is 3. The number of nitrogens with one attached hydrogen (secondary N) is 1. The van der Waals surface area contributed by atoms with Gasteiger partial charge in [0.1, 0.15) is 12.3 Å². The van der Waals surface area contributed by atoms with Crippen LogP contribution < -0.4 is 10.5 Å². The zero-order chi connectivity index (χ0) is 16.6. The third-order valence-corrected chi connectivity index (χ3v) is 3.92.